The Morgan fingerprint density at radius 3 is 2.76 bits per heavy atom. The van der Waals surface area contributed by atoms with E-state index >= 15 is 0 Å². The van der Waals surface area contributed by atoms with Gasteiger partial charge in [-0.3, -0.25) is 5.10 Å². The van der Waals surface area contributed by atoms with E-state index in [4.69, 9.17) is 0 Å². The Kier molecular flexibility index (Phi) is 3.33. The lowest BCUT2D eigenvalue weighted by Crippen LogP contribution is -2.29. The van der Waals surface area contributed by atoms with Gasteiger partial charge in [0, 0.05) is 13.0 Å². The molecular formula is C12H18N6O2S. The maximum atomic E-state index is 12.5. The average Bonchev–Trinajstić information content (AvgIpc) is 3.03. The van der Waals surface area contributed by atoms with Crippen LogP contribution in [0, 0.1) is 13.8 Å². The zero-order valence-electron chi connectivity index (χ0n) is 12.2. The van der Waals surface area contributed by atoms with Gasteiger partial charge < -0.3 is 4.57 Å². The van der Waals surface area contributed by atoms with E-state index in [1.165, 1.54) is 0 Å². The minimum absolute atomic E-state index is 0.204. The molecular weight excluding hydrogens is 292 g/mol. The number of aryl methyl sites for hydroxylation is 3. The molecule has 0 aliphatic carbocycles. The standard InChI is InChI=1S/C12H18N6O2S/c1-7-11(8(2)14-13-7)21(19,20)17-9(3)12-16-15-10-5-4-6-18(10)12/h9,17H,4-6H2,1-3H3,(H,13,14). The Bertz CT molecular complexity index is 756. The molecule has 9 heteroatoms. The quantitative estimate of drug-likeness (QED) is 0.860. The first-order valence-electron chi connectivity index (χ1n) is 6.86. The number of aromatic nitrogens is 5. The summed E-state index contributed by atoms with van der Waals surface area (Å²) < 4.78 is 29.7. The van der Waals surface area contributed by atoms with Crippen molar-refractivity contribution in [2.24, 2.45) is 0 Å². The van der Waals surface area contributed by atoms with Crippen LogP contribution in [0.2, 0.25) is 0 Å². The van der Waals surface area contributed by atoms with Crippen LogP contribution in [0.4, 0.5) is 0 Å². The Labute approximate surface area is 123 Å². The maximum absolute atomic E-state index is 12.5. The van der Waals surface area contributed by atoms with Crippen LogP contribution in [0.3, 0.4) is 0 Å². The highest BCUT2D eigenvalue weighted by Crippen LogP contribution is 2.22. The van der Waals surface area contributed by atoms with Crippen LogP contribution in [0.25, 0.3) is 0 Å². The third-order valence-electron chi connectivity index (χ3n) is 3.69. The van der Waals surface area contributed by atoms with Crippen LogP contribution in [0.15, 0.2) is 4.90 Å². The van der Waals surface area contributed by atoms with Gasteiger partial charge in [-0.1, -0.05) is 0 Å². The average molecular weight is 310 g/mol. The van der Waals surface area contributed by atoms with E-state index in [1.54, 1.807) is 20.8 Å². The number of H-pyrrole nitrogens is 1. The van der Waals surface area contributed by atoms with Crippen molar-refractivity contribution in [2.75, 3.05) is 0 Å². The monoisotopic (exact) mass is 310 g/mol. The van der Waals surface area contributed by atoms with Crippen molar-refractivity contribution in [3.8, 4) is 0 Å². The summed E-state index contributed by atoms with van der Waals surface area (Å²) in [5.74, 6) is 1.58. The summed E-state index contributed by atoms with van der Waals surface area (Å²) in [4.78, 5) is 0.204. The number of fused-ring (bicyclic) bond motifs is 1. The van der Waals surface area contributed by atoms with Crippen LogP contribution >= 0.6 is 0 Å². The highest BCUT2D eigenvalue weighted by Gasteiger charge is 2.28. The summed E-state index contributed by atoms with van der Waals surface area (Å²) in [5.41, 5.74) is 0.984. The Balaban J connectivity index is 1.89. The lowest BCUT2D eigenvalue weighted by atomic mass is 10.3. The van der Waals surface area contributed by atoms with Gasteiger partial charge in [0.05, 0.1) is 17.4 Å². The summed E-state index contributed by atoms with van der Waals surface area (Å²) in [5, 5.41) is 14.8. The second-order valence-electron chi connectivity index (χ2n) is 5.34. The van der Waals surface area contributed by atoms with Crippen molar-refractivity contribution >= 4 is 10.0 Å². The molecule has 21 heavy (non-hydrogen) atoms. The molecule has 0 fully saturated rings. The fourth-order valence-electron chi connectivity index (χ4n) is 2.77. The zero-order chi connectivity index (χ0) is 15.2. The number of aromatic amines is 1. The van der Waals surface area contributed by atoms with Gasteiger partial charge in [0.25, 0.3) is 0 Å². The van der Waals surface area contributed by atoms with Crippen LogP contribution < -0.4 is 4.72 Å². The van der Waals surface area contributed by atoms with E-state index in [0.717, 1.165) is 25.2 Å². The van der Waals surface area contributed by atoms with E-state index in [2.05, 4.69) is 25.1 Å². The molecule has 0 bridgehead atoms. The molecule has 1 atom stereocenters. The SMILES string of the molecule is Cc1n[nH]c(C)c1S(=O)(=O)NC(C)c1nnc2n1CCC2. The topological polar surface area (TPSA) is 106 Å². The molecule has 0 saturated heterocycles. The molecule has 8 nitrogen and oxygen atoms in total. The molecule has 2 aromatic rings. The second-order valence-corrected chi connectivity index (χ2v) is 6.99. The number of nitrogens with zero attached hydrogens (tertiary/aromatic N) is 4. The van der Waals surface area contributed by atoms with E-state index in [9.17, 15) is 8.42 Å². The predicted octanol–water partition coefficient (Wildman–Crippen LogP) is 0.604. The normalized spacial score (nSPS) is 16.1. The number of hydrogen-bond donors (Lipinski definition) is 2. The Morgan fingerprint density at radius 1 is 1.33 bits per heavy atom. The highest BCUT2D eigenvalue weighted by atomic mass is 32.2. The Morgan fingerprint density at radius 2 is 2.10 bits per heavy atom. The van der Waals surface area contributed by atoms with Gasteiger partial charge in [0.15, 0.2) is 5.82 Å². The highest BCUT2D eigenvalue weighted by molar-refractivity contribution is 7.89. The number of rotatable bonds is 4. The van der Waals surface area contributed by atoms with Gasteiger partial charge >= 0.3 is 0 Å². The van der Waals surface area contributed by atoms with Crippen molar-refractivity contribution in [3.63, 3.8) is 0 Å². The van der Waals surface area contributed by atoms with E-state index in [0.29, 0.717) is 17.2 Å². The first kappa shape index (κ1) is 14.2. The smallest absolute Gasteiger partial charge is 0.244 e. The van der Waals surface area contributed by atoms with Crippen LogP contribution in [0.1, 0.15) is 42.4 Å². The van der Waals surface area contributed by atoms with Crippen molar-refractivity contribution in [1.82, 2.24) is 29.7 Å². The first-order valence-corrected chi connectivity index (χ1v) is 8.34. The van der Waals surface area contributed by atoms with Gasteiger partial charge in [-0.2, -0.15) is 5.10 Å². The van der Waals surface area contributed by atoms with E-state index in [1.807, 2.05) is 4.57 Å². The molecule has 0 radical (unpaired) electrons. The van der Waals surface area contributed by atoms with Gasteiger partial charge in [-0.15, -0.1) is 10.2 Å². The summed E-state index contributed by atoms with van der Waals surface area (Å²) >= 11 is 0. The summed E-state index contributed by atoms with van der Waals surface area (Å²) in [6.45, 7) is 5.97. The Hall–Kier alpha value is -1.74. The minimum atomic E-state index is -3.65. The van der Waals surface area contributed by atoms with Gasteiger partial charge in [0.2, 0.25) is 10.0 Å². The molecule has 0 amide bonds. The number of nitrogens with one attached hydrogen (secondary N) is 2. The third-order valence-corrected chi connectivity index (χ3v) is 5.49. The van der Waals surface area contributed by atoms with Gasteiger partial charge in [0.1, 0.15) is 10.7 Å². The van der Waals surface area contributed by atoms with Gasteiger partial charge in [-0.05, 0) is 27.2 Å². The van der Waals surface area contributed by atoms with Crippen LogP contribution in [-0.2, 0) is 23.0 Å². The molecule has 0 saturated carbocycles. The minimum Gasteiger partial charge on any atom is -0.314 e. The predicted molar refractivity (Wildman–Crippen MR) is 75.1 cm³/mol. The number of sulfonamides is 1. The van der Waals surface area contributed by atoms with Gasteiger partial charge in [-0.25, -0.2) is 13.1 Å². The maximum Gasteiger partial charge on any atom is 0.244 e. The molecule has 114 valence electrons. The fraction of sp³-hybridized carbons (Fsp3) is 0.583. The van der Waals surface area contributed by atoms with Crippen LogP contribution in [0.5, 0.6) is 0 Å². The zero-order valence-corrected chi connectivity index (χ0v) is 13.0. The molecule has 0 aromatic carbocycles. The molecule has 3 heterocycles. The first-order chi connectivity index (χ1) is 9.90. The summed E-state index contributed by atoms with van der Waals surface area (Å²) in [6.07, 6.45) is 1.92. The molecule has 1 aliphatic heterocycles. The van der Waals surface area contributed by atoms with E-state index < -0.39 is 16.1 Å². The van der Waals surface area contributed by atoms with Crippen LogP contribution in [-0.4, -0.2) is 33.4 Å². The molecule has 1 unspecified atom stereocenters. The van der Waals surface area contributed by atoms with Crippen molar-refractivity contribution in [1.29, 1.82) is 0 Å². The number of hydrogen-bond acceptors (Lipinski definition) is 5. The van der Waals surface area contributed by atoms with E-state index in [-0.39, 0.29) is 4.90 Å². The van der Waals surface area contributed by atoms with Crippen molar-refractivity contribution in [2.45, 2.75) is 51.1 Å². The lowest BCUT2D eigenvalue weighted by Gasteiger charge is -2.14. The molecule has 3 rings (SSSR count). The molecule has 2 N–H and O–H groups in total. The molecule has 0 spiro atoms. The largest absolute Gasteiger partial charge is 0.314 e. The summed E-state index contributed by atoms with van der Waals surface area (Å²) in [6, 6.07) is -0.442. The summed E-state index contributed by atoms with van der Waals surface area (Å²) in [7, 11) is -3.65. The third kappa shape index (κ3) is 2.36. The van der Waals surface area contributed by atoms with Crippen molar-refractivity contribution < 1.29 is 8.42 Å². The van der Waals surface area contributed by atoms with Crippen molar-refractivity contribution in [3.05, 3.63) is 23.0 Å². The molecule has 2 aromatic heterocycles. The molecule has 1 aliphatic rings. The fourth-order valence-corrected chi connectivity index (χ4v) is 4.35. The lowest BCUT2D eigenvalue weighted by molar-refractivity contribution is 0.545. The second kappa shape index (κ2) is 4.92.